The number of rotatable bonds is 2. The Balaban J connectivity index is 2.13. The molecule has 6 heteroatoms. The molecule has 0 fully saturated rings. The van der Waals surface area contributed by atoms with E-state index < -0.39 is 0 Å². The predicted octanol–water partition coefficient (Wildman–Crippen LogP) is 4.01. The second-order valence-corrected chi connectivity index (χ2v) is 5.39. The van der Waals surface area contributed by atoms with Gasteiger partial charge in [0.15, 0.2) is 11.3 Å². The third-order valence-corrected chi connectivity index (χ3v) is 3.52. The number of hydrogen-bond acceptors (Lipinski definition) is 3. The maximum absolute atomic E-state index is 12.4. The number of hydrogen-bond donors (Lipinski definition) is 0. The number of fused-ring (bicyclic) bond motifs is 1. The summed E-state index contributed by atoms with van der Waals surface area (Å²) in [5.74, 6) is -0.000689. The van der Waals surface area contributed by atoms with Crippen LogP contribution in [-0.4, -0.2) is 15.6 Å². The van der Waals surface area contributed by atoms with Crippen molar-refractivity contribution < 1.29 is 9.21 Å². The maximum Gasteiger partial charge on any atom is 0.231 e. The summed E-state index contributed by atoms with van der Waals surface area (Å²) in [6, 6.07) is 4.93. The zero-order valence-electron chi connectivity index (χ0n) is 10.8. The average Bonchev–Trinajstić information content (AvgIpc) is 2.92. The van der Waals surface area contributed by atoms with E-state index in [4.69, 9.17) is 27.6 Å². The first kappa shape index (κ1) is 13.2. The fraction of sp³-hybridized carbons (Fsp3) is 0.143. The van der Waals surface area contributed by atoms with Crippen LogP contribution in [-0.2, 0) is 7.05 Å². The van der Waals surface area contributed by atoms with Gasteiger partial charge in [0.05, 0.1) is 16.3 Å². The van der Waals surface area contributed by atoms with Crippen molar-refractivity contribution >= 4 is 40.0 Å². The molecule has 2 heterocycles. The molecule has 0 spiro atoms. The standard InChI is InChI=1S/C14H10Cl2N2O2/c1-7-10(6-18(2)17-7)13(19)12-4-8-3-9(15)5-11(16)14(8)20-12/h3-6H,1-2H3. The van der Waals surface area contributed by atoms with Gasteiger partial charge < -0.3 is 4.42 Å². The summed E-state index contributed by atoms with van der Waals surface area (Å²) in [4.78, 5) is 12.4. The van der Waals surface area contributed by atoms with Crippen LogP contribution < -0.4 is 0 Å². The fourth-order valence-electron chi connectivity index (χ4n) is 2.14. The Morgan fingerprint density at radius 2 is 2.05 bits per heavy atom. The molecule has 4 nitrogen and oxygen atoms in total. The Morgan fingerprint density at radius 1 is 1.30 bits per heavy atom. The number of aryl methyl sites for hydroxylation is 2. The predicted molar refractivity (Wildman–Crippen MR) is 77.6 cm³/mol. The summed E-state index contributed by atoms with van der Waals surface area (Å²) in [7, 11) is 1.76. The van der Waals surface area contributed by atoms with Crippen LogP contribution in [0.25, 0.3) is 11.0 Å². The minimum Gasteiger partial charge on any atom is -0.451 e. The van der Waals surface area contributed by atoms with E-state index in [-0.39, 0.29) is 11.5 Å². The van der Waals surface area contributed by atoms with Crippen LogP contribution in [0.15, 0.2) is 28.8 Å². The number of carbonyl (C=O) groups excluding carboxylic acids is 1. The molecule has 0 N–H and O–H groups in total. The van der Waals surface area contributed by atoms with Gasteiger partial charge in [0.25, 0.3) is 0 Å². The monoisotopic (exact) mass is 308 g/mol. The molecule has 0 bridgehead atoms. The van der Waals surface area contributed by atoms with Gasteiger partial charge in [-0.15, -0.1) is 0 Å². The van der Waals surface area contributed by atoms with Crippen molar-refractivity contribution in [3.05, 3.63) is 51.5 Å². The molecule has 0 unspecified atom stereocenters. The van der Waals surface area contributed by atoms with Gasteiger partial charge in [-0.25, -0.2) is 0 Å². The van der Waals surface area contributed by atoms with Gasteiger partial charge in [0.1, 0.15) is 0 Å². The van der Waals surface area contributed by atoms with E-state index in [1.807, 2.05) is 0 Å². The lowest BCUT2D eigenvalue weighted by atomic mass is 10.1. The number of benzene rings is 1. The van der Waals surface area contributed by atoms with E-state index in [1.165, 1.54) is 0 Å². The molecule has 0 aliphatic rings. The first-order chi connectivity index (χ1) is 9.45. The average molecular weight is 309 g/mol. The summed E-state index contributed by atoms with van der Waals surface area (Å²) in [6.45, 7) is 1.78. The molecule has 0 aliphatic carbocycles. The molecule has 3 rings (SSSR count). The lowest BCUT2D eigenvalue weighted by Gasteiger charge is -1.94. The van der Waals surface area contributed by atoms with Gasteiger partial charge in [-0.2, -0.15) is 5.10 Å². The molecule has 0 atom stereocenters. The fourth-order valence-corrected chi connectivity index (χ4v) is 2.69. The highest BCUT2D eigenvalue weighted by Gasteiger charge is 2.20. The number of furan rings is 1. The van der Waals surface area contributed by atoms with E-state index in [0.717, 1.165) is 0 Å². The van der Waals surface area contributed by atoms with Crippen LogP contribution in [0.1, 0.15) is 21.8 Å². The van der Waals surface area contributed by atoms with Gasteiger partial charge >= 0.3 is 0 Å². The van der Waals surface area contributed by atoms with Crippen LogP contribution in [0, 0.1) is 6.92 Å². The number of aromatic nitrogens is 2. The number of nitrogens with zero attached hydrogens (tertiary/aromatic N) is 2. The van der Waals surface area contributed by atoms with Crippen molar-refractivity contribution in [3.63, 3.8) is 0 Å². The van der Waals surface area contributed by atoms with Gasteiger partial charge in [0, 0.05) is 23.7 Å². The summed E-state index contributed by atoms with van der Waals surface area (Å²) in [5, 5.41) is 5.74. The Bertz CT molecular complexity index is 833. The second-order valence-electron chi connectivity index (χ2n) is 4.55. The Hall–Kier alpha value is -1.78. The molecule has 0 saturated carbocycles. The van der Waals surface area contributed by atoms with Crippen molar-refractivity contribution in [2.24, 2.45) is 7.05 Å². The largest absolute Gasteiger partial charge is 0.451 e. The van der Waals surface area contributed by atoms with Crippen LogP contribution in [0.4, 0.5) is 0 Å². The van der Waals surface area contributed by atoms with Gasteiger partial charge in [-0.1, -0.05) is 23.2 Å². The van der Waals surface area contributed by atoms with Gasteiger partial charge in [0.2, 0.25) is 5.78 Å². The van der Waals surface area contributed by atoms with Gasteiger partial charge in [-0.05, 0) is 25.1 Å². The first-order valence-electron chi connectivity index (χ1n) is 5.89. The second kappa shape index (κ2) is 4.65. The van der Waals surface area contributed by atoms with E-state index >= 15 is 0 Å². The Kier molecular flexibility index (Phi) is 3.07. The van der Waals surface area contributed by atoms with Crippen molar-refractivity contribution in [2.45, 2.75) is 6.92 Å². The van der Waals surface area contributed by atoms with E-state index in [9.17, 15) is 4.79 Å². The van der Waals surface area contributed by atoms with Crippen LogP contribution >= 0.6 is 23.2 Å². The molecular weight excluding hydrogens is 299 g/mol. The molecule has 3 aromatic rings. The van der Waals surface area contributed by atoms with E-state index in [1.54, 1.807) is 43.0 Å². The highest BCUT2D eigenvalue weighted by Crippen LogP contribution is 2.31. The minimum atomic E-state index is -0.223. The molecule has 0 saturated heterocycles. The van der Waals surface area contributed by atoms with Crippen molar-refractivity contribution in [2.75, 3.05) is 0 Å². The third-order valence-electron chi connectivity index (χ3n) is 3.02. The number of halogens is 2. The topological polar surface area (TPSA) is 48.0 Å². The number of ketones is 1. The molecule has 20 heavy (non-hydrogen) atoms. The lowest BCUT2D eigenvalue weighted by molar-refractivity contribution is 0.101. The zero-order chi connectivity index (χ0) is 14.4. The summed E-state index contributed by atoms with van der Waals surface area (Å²) in [6.07, 6.45) is 1.67. The summed E-state index contributed by atoms with van der Waals surface area (Å²) in [5.41, 5.74) is 1.62. The quantitative estimate of drug-likeness (QED) is 0.672. The van der Waals surface area contributed by atoms with Crippen LogP contribution in [0.3, 0.4) is 0 Å². The molecular formula is C14H10Cl2N2O2. The Labute approximate surface area is 124 Å². The highest BCUT2D eigenvalue weighted by molar-refractivity contribution is 6.38. The maximum atomic E-state index is 12.4. The van der Waals surface area contributed by atoms with Crippen LogP contribution in [0.5, 0.6) is 0 Å². The van der Waals surface area contributed by atoms with Gasteiger partial charge in [-0.3, -0.25) is 9.48 Å². The molecule has 0 aliphatic heterocycles. The molecule has 2 aromatic heterocycles. The zero-order valence-corrected chi connectivity index (χ0v) is 12.3. The highest BCUT2D eigenvalue weighted by atomic mass is 35.5. The molecule has 0 amide bonds. The van der Waals surface area contributed by atoms with E-state index in [0.29, 0.717) is 32.3 Å². The summed E-state index contributed by atoms with van der Waals surface area (Å²) < 4.78 is 7.15. The van der Waals surface area contributed by atoms with Crippen LogP contribution in [0.2, 0.25) is 10.0 Å². The SMILES string of the molecule is Cc1nn(C)cc1C(=O)c1cc2cc(Cl)cc(Cl)c2o1. The van der Waals surface area contributed by atoms with Crippen molar-refractivity contribution in [3.8, 4) is 0 Å². The third kappa shape index (κ3) is 2.11. The molecule has 0 radical (unpaired) electrons. The van der Waals surface area contributed by atoms with Crippen molar-refractivity contribution in [1.82, 2.24) is 9.78 Å². The lowest BCUT2D eigenvalue weighted by Crippen LogP contribution is -1.99. The van der Waals surface area contributed by atoms with Crippen molar-refractivity contribution in [1.29, 1.82) is 0 Å². The normalized spacial score (nSPS) is 11.2. The number of carbonyl (C=O) groups is 1. The molecule has 1 aromatic carbocycles. The molecule has 102 valence electrons. The Morgan fingerprint density at radius 3 is 2.70 bits per heavy atom. The summed E-state index contributed by atoms with van der Waals surface area (Å²) >= 11 is 12.0. The smallest absolute Gasteiger partial charge is 0.231 e. The minimum absolute atomic E-state index is 0.222. The first-order valence-corrected chi connectivity index (χ1v) is 6.65. The van der Waals surface area contributed by atoms with E-state index in [2.05, 4.69) is 5.10 Å².